The Balaban J connectivity index is 4.12. The van der Waals surface area contributed by atoms with E-state index >= 15 is 0 Å². The summed E-state index contributed by atoms with van der Waals surface area (Å²) >= 11 is 0. The number of carbonyl (C=O) groups is 1. The first-order valence-electron chi connectivity index (χ1n) is 18.2. The van der Waals surface area contributed by atoms with Gasteiger partial charge in [0.15, 0.2) is 0 Å². The molecule has 0 aromatic rings. The average Bonchev–Trinajstić information content (AvgIpc) is 3.02. The molecule has 0 unspecified atom stereocenters. The topological polar surface area (TPSA) is 116 Å². The molecule has 0 fully saturated rings. The van der Waals surface area contributed by atoms with Gasteiger partial charge in [-0.2, -0.15) is 0 Å². The smallest absolute Gasteiger partial charge is 0.387 e. The van der Waals surface area contributed by atoms with Gasteiger partial charge >= 0.3 is 7.82 Å². The highest BCUT2D eigenvalue weighted by molar-refractivity contribution is 7.46. The summed E-state index contributed by atoms with van der Waals surface area (Å²) in [4.78, 5) is 30.6. The second kappa shape index (κ2) is 33.2. The van der Waals surface area contributed by atoms with E-state index in [9.17, 15) is 14.5 Å². The molecule has 7 nitrogen and oxygen atoms in total. The number of hydrogen-bond donors (Lipinski definition) is 4. The second-order valence-corrected chi connectivity index (χ2v) is 13.4. The third-order valence-electron chi connectivity index (χ3n) is 7.72. The fourth-order valence-electron chi connectivity index (χ4n) is 4.92. The van der Waals surface area contributed by atoms with Crippen LogP contribution in [0.5, 0.6) is 0 Å². The molecular weight excluding hydrogens is 597 g/mol. The van der Waals surface area contributed by atoms with E-state index in [2.05, 4.69) is 72.3 Å². The molecule has 0 saturated carbocycles. The molecule has 2 atom stereocenters. The summed E-state index contributed by atoms with van der Waals surface area (Å²) in [5.74, 6) is -0.286. The summed E-state index contributed by atoms with van der Waals surface area (Å²) in [6.45, 7) is 3.98. The Bertz CT molecular complexity index is 892. The molecule has 266 valence electrons. The average molecular weight is 666 g/mol. The molecule has 0 saturated heterocycles. The molecule has 46 heavy (non-hydrogen) atoms. The molecule has 0 aliphatic rings. The molecule has 4 N–H and O–H groups in total. The Morgan fingerprint density at radius 1 is 0.630 bits per heavy atom. The highest BCUT2D eigenvalue weighted by atomic mass is 31.2. The third kappa shape index (κ3) is 33.6. The molecule has 0 spiro atoms. The molecule has 0 bridgehead atoms. The molecule has 0 aliphatic carbocycles. The first-order valence-corrected chi connectivity index (χ1v) is 19.8. The summed E-state index contributed by atoms with van der Waals surface area (Å²) in [7, 11) is -4.72. The number of aliphatic hydroxyl groups excluding tert-OH is 1. The zero-order valence-electron chi connectivity index (χ0n) is 29.2. The number of hydrogen-bond acceptors (Lipinski definition) is 4. The lowest BCUT2D eigenvalue weighted by molar-refractivity contribution is -0.122. The largest absolute Gasteiger partial charge is 0.469 e. The van der Waals surface area contributed by atoms with Crippen LogP contribution in [0.4, 0.5) is 0 Å². The van der Waals surface area contributed by atoms with Crippen molar-refractivity contribution in [2.45, 2.75) is 167 Å². The predicted molar refractivity (Wildman–Crippen MR) is 195 cm³/mol. The summed E-state index contributed by atoms with van der Waals surface area (Å²) in [5.41, 5.74) is 0. The number of amides is 1. The highest BCUT2D eigenvalue weighted by Gasteiger charge is 2.24. The Morgan fingerprint density at radius 3 is 1.52 bits per heavy atom. The van der Waals surface area contributed by atoms with Gasteiger partial charge < -0.3 is 20.2 Å². The Morgan fingerprint density at radius 2 is 1.04 bits per heavy atom. The van der Waals surface area contributed by atoms with Crippen LogP contribution in [0.15, 0.2) is 60.8 Å². The van der Waals surface area contributed by atoms with E-state index < -0.39 is 26.6 Å². The third-order valence-corrected chi connectivity index (χ3v) is 8.21. The van der Waals surface area contributed by atoms with Gasteiger partial charge in [0.25, 0.3) is 0 Å². The van der Waals surface area contributed by atoms with Crippen molar-refractivity contribution < 1.29 is 28.8 Å². The first-order chi connectivity index (χ1) is 22.3. The van der Waals surface area contributed by atoms with Crippen LogP contribution in [0.1, 0.15) is 155 Å². The molecule has 8 heteroatoms. The van der Waals surface area contributed by atoms with Crippen LogP contribution in [0.25, 0.3) is 0 Å². The minimum atomic E-state index is -4.72. The quantitative estimate of drug-likeness (QED) is 0.0323. The molecule has 0 aliphatic heterocycles. The minimum Gasteiger partial charge on any atom is -0.387 e. The van der Waals surface area contributed by atoms with Crippen molar-refractivity contribution >= 4 is 13.7 Å². The standard InChI is InChI=1S/C38H68NO6P/c1-3-5-7-9-11-13-14-15-16-17-18-19-20-21-22-23-24-26-28-30-32-34-38(41)39-36(35-45-46(42,43)44)37(40)33-31-29-27-25-12-10-8-6-4-2/h16-17,19-20,22-23,26,28,31,33,36-37,40H,3-15,18,21,24-25,27,29-30,32,34-35H2,1-2H3,(H,39,41)(H2,42,43,44)/b17-16-,20-19-,23-22-,28-26-,33-31+/t36-,37+/m0/s1. The second-order valence-electron chi connectivity index (χ2n) is 12.2. The van der Waals surface area contributed by atoms with Crippen LogP contribution >= 0.6 is 7.82 Å². The lowest BCUT2D eigenvalue weighted by Gasteiger charge is -2.22. The van der Waals surface area contributed by atoms with Gasteiger partial charge in [-0.25, -0.2) is 4.57 Å². The molecule has 0 aromatic carbocycles. The molecule has 0 heterocycles. The summed E-state index contributed by atoms with van der Waals surface area (Å²) in [6.07, 6.45) is 44.0. The van der Waals surface area contributed by atoms with Crippen LogP contribution < -0.4 is 5.32 Å². The Kier molecular flexibility index (Phi) is 31.9. The number of carbonyl (C=O) groups excluding carboxylic acids is 1. The number of rotatable bonds is 32. The summed E-state index contributed by atoms with van der Waals surface area (Å²) in [6, 6.07) is -0.939. The van der Waals surface area contributed by atoms with Gasteiger partial charge in [0.1, 0.15) is 0 Å². The van der Waals surface area contributed by atoms with Crippen molar-refractivity contribution in [2.24, 2.45) is 0 Å². The van der Waals surface area contributed by atoms with E-state index in [1.54, 1.807) is 6.08 Å². The normalized spacial score (nSPS) is 14.1. The van der Waals surface area contributed by atoms with E-state index in [4.69, 9.17) is 9.79 Å². The molecule has 1 amide bonds. The maximum Gasteiger partial charge on any atom is 0.469 e. The number of phosphoric acid groups is 1. The van der Waals surface area contributed by atoms with E-state index in [1.807, 2.05) is 6.08 Å². The maximum atomic E-state index is 12.5. The van der Waals surface area contributed by atoms with Crippen LogP contribution in [-0.2, 0) is 13.9 Å². The van der Waals surface area contributed by atoms with Gasteiger partial charge in [0, 0.05) is 6.42 Å². The fourth-order valence-corrected chi connectivity index (χ4v) is 5.27. The minimum absolute atomic E-state index is 0.249. The number of nitrogens with one attached hydrogen (secondary N) is 1. The van der Waals surface area contributed by atoms with Gasteiger partial charge in [-0.15, -0.1) is 0 Å². The number of phosphoric ester groups is 1. The number of unbranched alkanes of at least 4 members (excludes halogenated alkanes) is 15. The van der Waals surface area contributed by atoms with Gasteiger partial charge in [-0.1, -0.05) is 152 Å². The monoisotopic (exact) mass is 665 g/mol. The first kappa shape index (κ1) is 44.2. The van der Waals surface area contributed by atoms with Gasteiger partial charge in [-0.05, 0) is 57.8 Å². The summed E-state index contributed by atoms with van der Waals surface area (Å²) in [5, 5.41) is 13.2. The molecule has 0 aromatic heterocycles. The van der Waals surface area contributed by atoms with E-state index in [0.717, 1.165) is 44.9 Å². The van der Waals surface area contributed by atoms with Crippen LogP contribution in [0.3, 0.4) is 0 Å². The molecule has 0 rings (SSSR count). The van der Waals surface area contributed by atoms with Gasteiger partial charge in [0.2, 0.25) is 5.91 Å². The van der Waals surface area contributed by atoms with Crippen LogP contribution in [0.2, 0.25) is 0 Å². The highest BCUT2D eigenvalue weighted by Crippen LogP contribution is 2.35. The van der Waals surface area contributed by atoms with E-state index in [1.165, 1.54) is 83.5 Å². The van der Waals surface area contributed by atoms with Crippen molar-refractivity contribution in [1.29, 1.82) is 0 Å². The van der Waals surface area contributed by atoms with Crippen molar-refractivity contribution in [3.05, 3.63) is 60.8 Å². The van der Waals surface area contributed by atoms with E-state index in [0.29, 0.717) is 6.42 Å². The van der Waals surface area contributed by atoms with Gasteiger partial charge in [0.05, 0.1) is 18.8 Å². The predicted octanol–water partition coefficient (Wildman–Crippen LogP) is 10.3. The number of allylic oxidation sites excluding steroid dienone is 9. The van der Waals surface area contributed by atoms with Crippen molar-refractivity contribution in [3.8, 4) is 0 Å². The van der Waals surface area contributed by atoms with Gasteiger partial charge in [-0.3, -0.25) is 9.32 Å². The zero-order valence-corrected chi connectivity index (χ0v) is 30.1. The van der Waals surface area contributed by atoms with Crippen LogP contribution in [-0.4, -0.2) is 39.6 Å². The Hall–Kier alpha value is -1.76. The summed E-state index contributed by atoms with van der Waals surface area (Å²) < 4.78 is 15.8. The lowest BCUT2D eigenvalue weighted by Crippen LogP contribution is -2.45. The number of aliphatic hydroxyl groups is 1. The molecule has 0 radical (unpaired) electrons. The van der Waals surface area contributed by atoms with Crippen molar-refractivity contribution in [2.75, 3.05) is 6.61 Å². The SMILES string of the molecule is CCCCCCCCC/C=C\C/C=C\C/C=C\C/C=C\CCCC(=O)N[C@@H](COP(=O)(O)O)[C@H](O)/C=C/CCCCCCCCC. The lowest BCUT2D eigenvalue weighted by atomic mass is 10.1. The molecular formula is C38H68NO6P. The maximum absolute atomic E-state index is 12.5. The van der Waals surface area contributed by atoms with Crippen LogP contribution in [0, 0.1) is 0 Å². The Labute approximate surface area is 282 Å². The zero-order chi connectivity index (χ0) is 34.0. The van der Waals surface area contributed by atoms with Crippen molar-refractivity contribution in [1.82, 2.24) is 5.32 Å². The van der Waals surface area contributed by atoms with E-state index in [-0.39, 0.29) is 12.3 Å². The van der Waals surface area contributed by atoms with Crippen molar-refractivity contribution in [3.63, 3.8) is 0 Å². The fraction of sp³-hybridized carbons (Fsp3) is 0.711.